The highest BCUT2D eigenvalue weighted by molar-refractivity contribution is 9.10. The maximum atomic E-state index is 12.5. The van der Waals surface area contributed by atoms with Crippen molar-refractivity contribution in [2.75, 3.05) is 0 Å². The molecule has 0 bridgehead atoms. The van der Waals surface area contributed by atoms with E-state index in [0.717, 1.165) is 22.2 Å². The third-order valence-electron chi connectivity index (χ3n) is 2.84. The van der Waals surface area contributed by atoms with Crippen molar-refractivity contribution in [3.63, 3.8) is 0 Å². The lowest BCUT2D eigenvalue weighted by molar-refractivity contribution is -0.137. The summed E-state index contributed by atoms with van der Waals surface area (Å²) in [5.41, 5.74) is 6.87. The fraction of sp³-hybridized carbons (Fsp3) is 0.143. The summed E-state index contributed by atoms with van der Waals surface area (Å²) in [5, 5.41) is 0. The Kier molecular flexibility index (Phi) is 3.96. The van der Waals surface area contributed by atoms with Crippen LogP contribution in [-0.2, 0) is 6.18 Å². The van der Waals surface area contributed by atoms with Crippen molar-refractivity contribution in [1.82, 2.24) is 0 Å². The Labute approximate surface area is 117 Å². The third-order valence-corrected chi connectivity index (χ3v) is 3.56. The van der Waals surface area contributed by atoms with Gasteiger partial charge in [0.25, 0.3) is 0 Å². The lowest BCUT2D eigenvalue weighted by Gasteiger charge is -2.15. The molecule has 100 valence electrons. The predicted octanol–water partition coefficient (Wildman–Crippen LogP) is 4.52. The quantitative estimate of drug-likeness (QED) is 0.861. The summed E-state index contributed by atoms with van der Waals surface area (Å²) in [7, 11) is 0. The minimum Gasteiger partial charge on any atom is -0.320 e. The molecule has 1 atom stereocenters. The maximum absolute atomic E-state index is 12.5. The van der Waals surface area contributed by atoms with E-state index in [1.165, 1.54) is 12.1 Å². The summed E-state index contributed by atoms with van der Waals surface area (Å²) in [4.78, 5) is 0. The molecule has 0 saturated heterocycles. The molecule has 19 heavy (non-hydrogen) atoms. The Morgan fingerprint density at radius 2 is 1.53 bits per heavy atom. The first-order valence-electron chi connectivity index (χ1n) is 5.57. The molecule has 0 aliphatic carbocycles. The monoisotopic (exact) mass is 329 g/mol. The summed E-state index contributed by atoms with van der Waals surface area (Å²) in [6, 6.07) is 11.8. The number of benzene rings is 2. The normalized spacial score (nSPS) is 13.3. The van der Waals surface area contributed by atoms with Crippen LogP contribution in [0.15, 0.2) is 53.0 Å². The van der Waals surface area contributed by atoms with E-state index < -0.39 is 17.8 Å². The molecule has 0 aromatic heterocycles. The van der Waals surface area contributed by atoms with E-state index in [4.69, 9.17) is 5.73 Å². The Balaban J connectivity index is 2.31. The molecule has 0 fully saturated rings. The van der Waals surface area contributed by atoms with E-state index >= 15 is 0 Å². The third kappa shape index (κ3) is 3.16. The zero-order chi connectivity index (χ0) is 14.0. The average molecular weight is 330 g/mol. The topological polar surface area (TPSA) is 26.0 Å². The predicted molar refractivity (Wildman–Crippen MR) is 71.6 cm³/mol. The number of hydrogen-bond acceptors (Lipinski definition) is 1. The molecule has 2 N–H and O–H groups in total. The smallest absolute Gasteiger partial charge is 0.320 e. The van der Waals surface area contributed by atoms with Gasteiger partial charge in [-0.25, -0.2) is 0 Å². The minimum atomic E-state index is -4.32. The molecule has 2 rings (SSSR count). The van der Waals surface area contributed by atoms with Crippen LogP contribution in [0, 0.1) is 0 Å². The van der Waals surface area contributed by atoms with E-state index in [1.54, 1.807) is 0 Å². The van der Waals surface area contributed by atoms with Gasteiger partial charge in [-0.15, -0.1) is 0 Å². The number of hydrogen-bond donors (Lipinski definition) is 1. The first kappa shape index (κ1) is 14.1. The highest BCUT2D eigenvalue weighted by Crippen LogP contribution is 2.31. The van der Waals surface area contributed by atoms with Crippen LogP contribution in [-0.4, -0.2) is 0 Å². The van der Waals surface area contributed by atoms with Crippen LogP contribution in [0.1, 0.15) is 22.7 Å². The molecular weight excluding hydrogens is 319 g/mol. The van der Waals surface area contributed by atoms with Crippen LogP contribution < -0.4 is 5.73 Å². The molecule has 0 saturated carbocycles. The van der Waals surface area contributed by atoms with Crippen LogP contribution >= 0.6 is 15.9 Å². The largest absolute Gasteiger partial charge is 0.416 e. The van der Waals surface area contributed by atoms with E-state index in [9.17, 15) is 13.2 Å². The number of rotatable bonds is 2. The molecular formula is C14H11BrF3N. The van der Waals surface area contributed by atoms with Gasteiger partial charge in [-0.2, -0.15) is 13.2 Å². The van der Waals surface area contributed by atoms with Gasteiger partial charge in [-0.3, -0.25) is 0 Å². The summed E-state index contributed by atoms with van der Waals surface area (Å²) in [6.45, 7) is 0. The van der Waals surface area contributed by atoms with Gasteiger partial charge in [-0.1, -0.05) is 46.3 Å². The van der Waals surface area contributed by atoms with Crippen molar-refractivity contribution < 1.29 is 13.2 Å². The van der Waals surface area contributed by atoms with E-state index in [2.05, 4.69) is 15.9 Å². The Morgan fingerprint density at radius 3 is 2.05 bits per heavy atom. The Bertz CT molecular complexity index is 564. The van der Waals surface area contributed by atoms with Crippen molar-refractivity contribution in [3.8, 4) is 0 Å². The molecule has 2 aromatic carbocycles. The molecule has 0 aliphatic rings. The van der Waals surface area contributed by atoms with Gasteiger partial charge in [0.1, 0.15) is 0 Å². The molecule has 5 heteroatoms. The fourth-order valence-electron chi connectivity index (χ4n) is 1.79. The van der Waals surface area contributed by atoms with Crippen molar-refractivity contribution in [2.24, 2.45) is 5.73 Å². The summed E-state index contributed by atoms with van der Waals surface area (Å²) >= 11 is 3.38. The Hall–Kier alpha value is -1.33. The van der Waals surface area contributed by atoms with Crippen LogP contribution in [0.4, 0.5) is 13.2 Å². The molecule has 1 nitrogen and oxygen atoms in total. The lowest BCUT2D eigenvalue weighted by Crippen LogP contribution is -2.13. The minimum absolute atomic E-state index is 0.460. The molecule has 2 aromatic rings. The zero-order valence-electron chi connectivity index (χ0n) is 9.79. The Morgan fingerprint density at radius 1 is 0.947 bits per heavy atom. The first-order chi connectivity index (χ1) is 8.89. The van der Waals surface area contributed by atoms with Gasteiger partial charge in [0.05, 0.1) is 11.6 Å². The summed E-state index contributed by atoms with van der Waals surface area (Å²) < 4.78 is 38.2. The second-order valence-corrected chi connectivity index (χ2v) is 4.97. The van der Waals surface area contributed by atoms with Crippen LogP contribution in [0.25, 0.3) is 0 Å². The number of alkyl halides is 3. The van der Waals surface area contributed by atoms with Crippen molar-refractivity contribution in [3.05, 3.63) is 69.7 Å². The van der Waals surface area contributed by atoms with E-state index in [1.807, 2.05) is 24.3 Å². The second kappa shape index (κ2) is 5.35. The van der Waals surface area contributed by atoms with Crippen molar-refractivity contribution in [2.45, 2.75) is 12.2 Å². The lowest BCUT2D eigenvalue weighted by atomic mass is 9.98. The van der Waals surface area contributed by atoms with Crippen LogP contribution in [0.2, 0.25) is 0 Å². The van der Waals surface area contributed by atoms with Gasteiger partial charge in [0, 0.05) is 4.47 Å². The molecule has 0 radical (unpaired) electrons. The van der Waals surface area contributed by atoms with Gasteiger partial charge in [0.2, 0.25) is 0 Å². The SMILES string of the molecule is NC(c1ccc(C(F)(F)F)cc1)c1ccccc1Br. The van der Waals surface area contributed by atoms with E-state index in [0.29, 0.717) is 5.56 Å². The average Bonchev–Trinajstić information content (AvgIpc) is 2.38. The second-order valence-electron chi connectivity index (χ2n) is 4.12. The van der Waals surface area contributed by atoms with Gasteiger partial charge >= 0.3 is 6.18 Å². The zero-order valence-corrected chi connectivity index (χ0v) is 11.4. The van der Waals surface area contributed by atoms with Crippen molar-refractivity contribution >= 4 is 15.9 Å². The standard InChI is InChI=1S/C14H11BrF3N/c15-12-4-2-1-3-11(12)13(19)9-5-7-10(8-6-9)14(16,17)18/h1-8,13H,19H2. The molecule has 0 aliphatic heterocycles. The molecule has 0 amide bonds. The molecule has 1 unspecified atom stereocenters. The highest BCUT2D eigenvalue weighted by atomic mass is 79.9. The van der Waals surface area contributed by atoms with Gasteiger partial charge in [-0.05, 0) is 29.3 Å². The molecule has 0 spiro atoms. The van der Waals surface area contributed by atoms with Crippen molar-refractivity contribution in [1.29, 1.82) is 0 Å². The van der Waals surface area contributed by atoms with E-state index in [-0.39, 0.29) is 0 Å². The van der Waals surface area contributed by atoms with Crippen LogP contribution in [0.3, 0.4) is 0 Å². The first-order valence-corrected chi connectivity index (χ1v) is 6.36. The van der Waals surface area contributed by atoms with Crippen LogP contribution in [0.5, 0.6) is 0 Å². The fourth-order valence-corrected chi connectivity index (χ4v) is 2.32. The summed E-state index contributed by atoms with van der Waals surface area (Å²) in [5.74, 6) is 0. The number of nitrogens with two attached hydrogens (primary N) is 1. The highest BCUT2D eigenvalue weighted by Gasteiger charge is 2.30. The summed E-state index contributed by atoms with van der Waals surface area (Å²) in [6.07, 6.45) is -4.32. The van der Waals surface area contributed by atoms with Gasteiger partial charge < -0.3 is 5.73 Å². The van der Waals surface area contributed by atoms with Gasteiger partial charge in [0.15, 0.2) is 0 Å². The maximum Gasteiger partial charge on any atom is 0.416 e. The number of halogens is 4. The molecule has 0 heterocycles.